The maximum absolute atomic E-state index is 13.0. The van der Waals surface area contributed by atoms with Crippen LogP contribution in [0.25, 0.3) is 0 Å². The van der Waals surface area contributed by atoms with Crippen LogP contribution in [-0.2, 0) is 22.3 Å². The number of halogens is 3. The Hall–Kier alpha value is -2.34. The van der Waals surface area contributed by atoms with Gasteiger partial charge in [0.15, 0.2) is 0 Å². The smallest absolute Gasteiger partial charge is 0.416 e. The van der Waals surface area contributed by atoms with Gasteiger partial charge in [0.25, 0.3) is 0 Å². The minimum absolute atomic E-state index is 0.325. The Labute approximate surface area is 150 Å². The summed E-state index contributed by atoms with van der Waals surface area (Å²) in [7, 11) is 1.31. The fourth-order valence-corrected chi connectivity index (χ4v) is 3.53. The minimum Gasteiger partial charge on any atom is -0.469 e. The van der Waals surface area contributed by atoms with Crippen LogP contribution in [0.2, 0.25) is 0 Å². The lowest BCUT2D eigenvalue weighted by atomic mass is 9.88. The van der Waals surface area contributed by atoms with Gasteiger partial charge in [0.1, 0.15) is 0 Å². The van der Waals surface area contributed by atoms with Gasteiger partial charge in [-0.05, 0) is 17.2 Å². The highest BCUT2D eigenvalue weighted by Gasteiger charge is 2.40. The Morgan fingerprint density at radius 2 is 1.85 bits per heavy atom. The maximum Gasteiger partial charge on any atom is 0.416 e. The van der Waals surface area contributed by atoms with Crippen molar-refractivity contribution in [1.29, 1.82) is 0 Å². The molecule has 0 aliphatic carbocycles. The number of carbonyl (C=O) groups excluding carboxylic acids is 1. The molecule has 26 heavy (non-hydrogen) atoms. The van der Waals surface area contributed by atoms with Crippen molar-refractivity contribution < 1.29 is 22.7 Å². The highest BCUT2D eigenvalue weighted by Crippen LogP contribution is 2.37. The summed E-state index contributed by atoms with van der Waals surface area (Å²) in [6, 6.07) is 15.0. The second kappa shape index (κ2) is 7.50. The zero-order valence-corrected chi connectivity index (χ0v) is 14.4. The molecule has 6 heteroatoms. The van der Waals surface area contributed by atoms with E-state index in [0.29, 0.717) is 25.2 Å². The van der Waals surface area contributed by atoms with E-state index in [2.05, 4.69) is 4.90 Å². The van der Waals surface area contributed by atoms with Crippen LogP contribution in [0.3, 0.4) is 0 Å². The molecule has 1 aliphatic heterocycles. The van der Waals surface area contributed by atoms with Crippen molar-refractivity contribution in [2.24, 2.45) is 5.92 Å². The molecule has 0 saturated carbocycles. The van der Waals surface area contributed by atoms with Crippen LogP contribution < -0.4 is 0 Å². The number of hydrogen-bond acceptors (Lipinski definition) is 3. The number of benzene rings is 2. The number of esters is 1. The molecule has 0 amide bonds. The Kier molecular flexibility index (Phi) is 5.32. The van der Waals surface area contributed by atoms with Crippen molar-refractivity contribution in [2.75, 3.05) is 20.2 Å². The lowest BCUT2D eigenvalue weighted by molar-refractivity contribution is -0.145. The number of hydrogen-bond donors (Lipinski definition) is 0. The summed E-state index contributed by atoms with van der Waals surface area (Å²) in [6.07, 6.45) is -4.40. The lowest BCUT2D eigenvalue weighted by Crippen LogP contribution is -2.24. The number of alkyl halides is 3. The molecule has 1 saturated heterocycles. The monoisotopic (exact) mass is 363 g/mol. The fraction of sp³-hybridized carbons (Fsp3) is 0.350. The van der Waals surface area contributed by atoms with E-state index in [1.807, 2.05) is 30.3 Å². The normalized spacial score (nSPS) is 20.9. The molecule has 2 atom stereocenters. The highest BCUT2D eigenvalue weighted by molar-refractivity contribution is 5.74. The predicted molar refractivity (Wildman–Crippen MR) is 91.4 cm³/mol. The van der Waals surface area contributed by atoms with Crippen LogP contribution in [0, 0.1) is 5.92 Å². The number of nitrogens with zero attached hydrogens (tertiary/aromatic N) is 1. The van der Waals surface area contributed by atoms with Gasteiger partial charge in [0, 0.05) is 25.6 Å². The first-order chi connectivity index (χ1) is 12.4. The average molecular weight is 363 g/mol. The molecule has 0 spiro atoms. The van der Waals surface area contributed by atoms with Gasteiger partial charge < -0.3 is 4.74 Å². The molecule has 1 fully saturated rings. The van der Waals surface area contributed by atoms with Gasteiger partial charge in [-0.3, -0.25) is 9.69 Å². The van der Waals surface area contributed by atoms with E-state index in [1.165, 1.54) is 13.2 Å². The van der Waals surface area contributed by atoms with Gasteiger partial charge in [0.2, 0.25) is 0 Å². The lowest BCUT2D eigenvalue weighted by Gasteiger charge is -2.18. The zero-order valence-electron chi connectivity index (χ0n) is 14.4. The van der Waals surface area contributed by atoms with Crippen LogP contribution in [0.4, 0.5) is 13.2 Å². The Bertz CT molecular complexity index is 761. The molecule has 138 valence electrons. The predicted octanol–water partition coefficient (Wildman–Crippen LogP) is 4.09. The summed E-state index contributed by atoms with van der Waals surface area (Å²) in [5, 5.41) is 0. The van der Waals surface area contributed by atoms with Crippen molar-refractivity contribution in [3.8, 4) is 0 Å². The molecule has 2 aromatic rings. The molecule has 1 heterocycles. The molecule has 0 N–H and O–H groups in total. The summed E-state index contributed by atoms with van der Waals surface area (Å²) < 4.78 is 44.0. The Balaban J connectivity index is 1.85. The molecule has 3 nitrogen and oxygen atoms in total. The first-order valence-electron chi connectivity index (χ1n) is 8.39. The third kappa shape index (κ3) is 4.07. The molecule has 0 bridgehead atoms. The quantitative estimate of drug-likeness (QED) is 0.766. The van der Waals surface area contributed by atoms with Gasteiger partial charge in [-0.1, -0.05) is 48.5 Å². The maximum atomic E-state index is 13.0. The molecule has 2 unspecified atom stereocenters. The van der Waals surface area contributed by atoms with Gasteiger partial charge in [-0.25, -0.2) is 0 Å². The van der Waals surface area contributed by atoms with E-state index in [0.717, 1.165) is 17.7 Å². The SMILES string of the molecule is COC(=O)C1CN(Cc2ccccc2)CC1c1cccc(C(F)(F)F)c1. The standard InChI is InChI=1S/C20H20F3NO2/c1-26-19(25)18-13-24(11-14-6-3-2-4-7-14)12-17(18)15-8-5-9-16(10-15)20(21,22)23/h2-10,17-18H,11-13H2,1H3. The number of rotatable bonds is 4. The first-order valence-corrected chi connectivity index (χ1v) is 8.39. The largest absolute Gasteiger partial charge is 0.469 e. The van der Waals surface area contributed by atoms with Crippen molar-refractivity contribution in [1.82, 2.24) is 4.90 Å². The second-order valence-electron chi connectivity index (χ2n) is 6.54. The number of ether oxygens (including phenoxy) is 1. The van der Waals surface area contributed by atoms with E-state index in [1.54, 1.807) is 6.07 Å². The molecule has 1 aliphatic rings. The van der Waals surface area contributed by atoms with Gasteiger partial charge in [-0.2, -0.15) is 13.2 Å². The minimum atomic E-state index is -4.40. The van der Waals surface area contributed by atoms with Crippen LogP contribution in [0.1, 0.15) is 22.6 Å². The Morgan fingerprint density at radius 1 is 1.12 bits per heavy atom. The summed E-state index contributed by atoms with van der Waals surface area (Å²) in [6.45, 7) is 1.61. The van der Waals surface area contributed by atoms with Crippen LogP contribution >= 0.6 is 0 Å². The molecule has 0 radical (unpaired) electrons. The third-order valence-electron chi connectivity index (χ3n) is 4.79. The van der Waals surface area contributed by atoms with Crippen molar-refractivity contribution in [3.05, 3.63) is 71.3 Å². The van der Waals surface area contributed by atoms with E-state index in [4.69, 9.17) is 4.74 Å². The molecule has 2 aromatic carbocycles. The van der Waals surface area contributed by atoms with Gasteiger partial charge in [0.05, 0.1) is 18.6 Å². The highest BCUT2D eigenvalue weighted by atomic mass is 19.4. The first kappa shape index (κ1) is 18.5. The number of methoxy groups -OCH3 is 1. The fourth-order valence-electron chi connectivity index (χ4n) is 3.53. The van der Waals surface area contributed by atoms with Crippen molar-refractivity contribution in [3.63, 3.8) is 0 Å². The summed E-state index contributed by atoms with van der Waals surface area (Å²) >= 11 is 0. The van der Waals surface area contributed by atoms with Crippen molar-refractivity contribution in [2.45, 2.75) is 18.6 Å². The molecule has 3 rings (SSSR count). The third-order valence-corrected chi connectivity index (χ3v) is 4.79. The average Bonchev–Trinajstić information content (AvgIpc) is 3.05. The summed E-state index contributed by atoms with van der Waals surface area (Å²) in [5.41, 5.74) is 0.923. The molecular formula is C20H20F3NO2. The Morgan fingerprint density at radius 3 is 2.50 bits per heavy atom. The van der Waals surface area contributed by atoms with Gasteiger partial charge in [-0.15, -0.1) is 0 Å². The number of carbonyl (C=O) groups is 1. The van der Waals surface area contributed by atoms with Crippen LogP contribution in [0.5, 0.6) is 0 Å². The van der Waals surface area contributed by atoms with E-state index in [-0.39, 0.29) is 11.9 Å². The van der Waals surface area contributed by atoms with Crippen LogP contribution in [-0.4, -0.2) is 31.1 Å². The van der Waals surface area contributed by atoms with E-state index >= 15 is 0 Å². The topological polar surface area (TPSA) is 29.5 Å². The van der Waals surface area contributed by atoms with Gasteiger partial charge >= 0.3 is 12.1 Å². The summed E-state index contributed by atoms with van der Waals surface area (Å²) in [5.74, 6) is -1.19. The van der Waals surface area contributed by atoms with Crippen molar-refractivity contribution >= 4 is 5.97 Å². The van der Waals surface area contributed by atoms with E-state index < -0.39 is 17.7 Å². The molecule has 0 aromatic heterocycles. The number of likely N-dealkylation sites (tertiary alicyclic amines) is 1. The molecular weight excluding hydrogens is 343 g/mol. The summed E-state index contributed by atoms with van der Waals surface area (Å²) in [4.78, 5) is 14.3. The zero-order chi connectivity index (χ0) is 18.7. The van der Waals surface area contributed by atoms with Crippen LogP contribution in [0.15, 0.2) is 54.6 Å². The van der Waals surface area contributed by atoms with E-state index in [9.17, 15) is 18.0 Å². The second-order valence-corrected chi connectivity index (χ2v) is 6.54.